The molecular formula is C25H29ClN2O5. The Balaban J connectivity index is 1.48. The van der Waals surface area contributed by atoms with Gasteiger partial charge in [-0.3, -0.25) is 19.8 Å². The molecule has 1 atom stereocenters. The van der Waals surface area contributed by atoms with E-state index in [1.54, 1.807) is 12.1 Å². The topological polar surface area (TPSA) is 84.9 Å². The fourth-order valence-electron chi connectivity index (χ4n) is 7.17. The van der Waals surface area contributed by atoms with Gasteiger partial charge in [-0.05, 0) is 92.4 Å². The van der Waals surface area contributed by atoms with E-state index in [4.69, 9.17) is 21.1 Å². The van der Waals surface area contributed by atoms with Gasteiger partial charge in [0.2, 0.25) is 0 Å². The molecule has 1 heterocycles. The van der Waals surface area contributed by atoms with Crippen molar-refractivity contribution >= 4 is 35.5 Å². The van der Waals surface area contributed by atoms with Gasteiger partial charge in [-0.25, -0.2) is 4.79 Å². The molecule has 1 N–H and O–H groups in total. The molecule has 1 aromatic carbocycles. The molecule has 0 spiro atoms. The Labute approximate surface area is 198 Å². The van der Waals surface area contributed by atoms with Gasteiger partial charge in [0, 0.05) is 6.04 Å². The average molecular weight is 473 g/mol. The van der Waals surface area contributed by atoms with E-state index >= 15 is 0 Å². The Kier molecular flexibility index (Phi) is 5.43. The molecular weight excluding hydrogens is 444 g/mol. The number of nitrogens with one attached hydrogen (secondary N) is 1. The number of rotatable bonds is 5. The average Bonchev–Trinajstić information content (AvgIpc) is 2.75. The highest BCUT2D eigenvalue weighted by atomic mass is 35.5. The number of urea groups is 1. The van der Waals surface area contributed by atoms with Gasteiger partial charge in [0.1, 0.15) is 5.57 Å². The van der Waals surface area contributed by atoms with Gasteiger partial charge in [-0.15, -0.1) is 0 Å². The summed E-state index contributed by atoms with van der Waals surface area (Å²) in [6.45, 7) is 1.98. The van der Waals surface area contributed by atoms with Crippen LogP contribution in [0.15, 0.2) is 17.7 Å². The molecule has 7 nitrogen and oxygen atoms in total. The van der Waals surface area contributed by atoms with Gasteiger partial charge in [0.25, 0.3) is 11.8 Å². The Morgan fingerprint density at radius 3 is 2.21 bits per heavy atom. The highest BCUT2D eigenvalue weighted by molar-refractivity contribution is 6.33. The monoisotopic (exact) mass is 472 g/mol. The van der Waals surface area contributed by atoms with Gasteiger partial charge >= 0.3 is 6.03 Å². The molecule has 4 amide bonds. The number of imide groups is 2. The number of carbonyl (C=O) groups is 3. The van der Waals surface area contributed by atoms with Crippen LogP contribution in [0.2, 0.25) is 5.02 Å². The summed E-state index contributed by atoms with van der Waals surface area (Å²) >= 11 is 6.30. The lowest BCUT2D eigenvalue weighted by atomic mass is 9.47. The second-order valence-corrected chi connectivity index (χ2v) is 10.6. The van der Waals surface area contributed by atoms with Crippen molar-refractivity contribution < 1.29 is 23.9 Å². The summed E-state index contributed by atoms with van der Waals surface area (Å²) in [7, 11) is 2.96. The van der Waals surface area contributed by atoms with E-state index < -0.39 is 17.8 Å². The quantitative estimate of drug-likeness (QED) is 0.506. The summed E-state index contributed by atoms with van der Waals surface area (Å²) in [4.78, 5) is 40.4. The first kappa shape index (κ1) is 22.3. The fourth-order valence-corrected chi connectivity index (χ4v) is 7.47. The smallest absolute Gasteiger partial charge is 0.331 e. The molecule has 5 aliphatic rings. The van der Waals surface area contributed by atoms with Crippen LogP contribution in [0.5, 0.6) is 11.5 Å². The number of barbiturate groups is 1. The molecule has 1 unspecified atom stereocenters. The predicted octanol–water partition coefficient (Wildman–Crippen LogP) is 4.42. The van der Waals surface area contributed by atoms with Crippen molar-refractivity contribution in [1.82, 2.24) is 10.2 Å². The van der Waals surface area contributed by atoms with Gasteiger partial charge < -0.3 is 9.47 Å². The molecule has 8 heteroatoms. The molecule has 1 saturated heterocycles. The largest absolute Gasteiger partial charge is 0.493 e. The van der Waals surface area contributed by atoms with Crippen molar-refractivity contribution in [2.75, 3.05) is 14.2 Å². The number of amides is 4. The van der Waals surface area contributed by atoms with Gasteiger partial charge in [0.15, 0.2) is 11.5 Å². The second-order valence-electron chi connectivity index (χ2n) is 10.2. The van der Waals surface area contributed by atoms with Crippen molar-refractivity contribution in [3.63, 3.8) is 0 Å². The van der Waals surface area contributed by atoms with Crippen LogP contribution in [0.1, 0.15) is 51.0 Å². The van der Waals surface area contributed by atoms with Gasteiger partial charge in [-0.2, -0.15) is 0 Å². The van der Waals surface area contributed by atoms with Crippen molar-refractivity contribution in [2.24, 2.45) is 23.2 Å². The predicted molar refractivity (Wildman–Crippen MR) is 123 cm³/mol. The Morgan fingerprint density at radius 1 is 1.06 bits per heavy atom. The van der Waals surface area contributed by atoms with E-state index in [-0.39, 0.29) is 17.0 Å². The highest BCUT2D eigenvalue weighted by Gasteiger charge is 2.56. The van der Waals surface area contributed by atoms with Crippen molar-refractivity contribution in [3.8, 4) is 11.5 Å². The van der Waals surface area contributed by atoms with E-state index in [9.17, 15) is 14.4 Å². The Bertz CT molecular complexity index is 1030. The summed E-state index contributed by atoms with van der Waals surface area (Å²) in [5, 5.41) is 2.67. The fraction of sp³-hybridized carbons (Fsp3) is 0.560. The first-order valence-electron chi connectivity index (χ1n) is 11.6. The first-order valence-corrected chi connectivity index (χ1v) is 11.9. The zero-order chi connectivity index (χ0) is 23.5. The molecule has 4 bridgehead atoms. The number of carbonyl (C=O) groups excluding carboxylic acids is 3. The number of ether oxygens (including phenoxy) is 2. The minimum Gasteiger partial charge on any atom is -0.493 e. The molecule has 1 aliphatic heterocycles. The molecule has 0 radical (unpaired) electrons. The summed E-state index contributed by atoms with van der Waals surface area (Å²) < 4.78 is 10.6. The van der Waals surface area contributed by atoms with E-state index in [1.165, 1.54) is 44.5 Å². The van der Waals surface area contributed by atoms with E-state index in [2.05, 4.69) is 5.32 Å². The molecule has 0 aromatic heterocycles. The number of benzene rings is 1. The minimum atomic E-state index is -0.704. The molecule has 4 aliphatic carbocycles. The Hall–Kier alpha value is -2.54. The van der Waals surface area contributed by atoms with Crippen LogP contribution in [0.25, 0.3) is 6.08 Å². The number of halogens is 1. The lowest BCUT2D eigenvalue weighted by molar-refractivity contribution is -0.139. The van der Waals surface area contributed by atoms with Crippen LogP contribution in [-0.2, 0) is 9.59 Å². The Morgan fingerprint density at radius 2 is 1.67 bits per heavy atom. The molecule has 1 aromatic rings. The summed E-state index contributed by atoms with van der Waals surface area (Å²) in [5.74, 6) is 1.55. The van der Waals surface area contributed by atoms with Crippen LogP contribution in [-0.4, -0.2) is 43.0 Å². The maximum Gasteiger partial charge on any atom is 0.331 e. The molecule has 5 fully saturated rings. The number of hydrogen-bond donors (Lipinski definition) is 1. The van der Waals surface area contributed by atoms with Crippen LogP contribution in [0.3, 0.4) is 0 Å². The highest BCUT2D eigenvalue weighted by Crippen LogP contribution is 2.62. The standard InChI is InChI=1S/C25H29ClN2O5/c1-13(25-10-15-4-16(11-25)6-17(5-15)12-25)28-23(30)18(22(29)27-24(28)31)7-14-8-19(26)21(33-3)20(9-14)32-2/h7-9,13,15-17H,4-6,10-12H2,1-3H3,(H,27,29,31)/b18-7+. The maximum absolute atomic E-state index is 13.5. The summed E-state index contributed by atoms with van der Waals surface area (Å²) in [5.41, 5.74) is 0.363. The first-order chi connectivity index (χ1) is 15.7. The lowest BCUT2D eigenvalue weighted by Crippen LogP contribution is -2.63. The van der Waals surface area contributed by atoms with Gasteiger partial charge in [0.05, 0.1) is 19.2 Å². The second kappa shape index (κ2) is 8.05. The molecule has 4 saturated carbocycles. The third kappa shape index (κ3) is 3.61. The number of nitrogens with zero attached hydrogens (tertiary/aromatic N) is 1. The molecule has 176 valence electrons. The van der Waals surface area contributed by atoms with E-state index in [0.29, 0.717) is 39.8 Å². The van der Waals surface area contributed by atoms with Crippen molar-refractivity contribution in [1.29, 1.82) is 0 Å². The lowest BCUT2D eigenvalue weighted by Gasteiger charge is -2.60. The minimum absolute atomic E-state index is 0.0557. The van der Waals surface area contributed by atoms with E-state index in [1.807, 2.05) is 6.92 Å². The number of hydrogen-bond acceptors (Lipinski definition) is 5. The zero-order valence-corrected chi connectivity index (χ0v) is 19.9. The van der Waals surface area contributed by atoms with Crippen molar-refractivity contribution in [2.45, 2.75) is 51.5 Å². The van der Waals surface area contributed by atoms with Crippen LogP contribution in [0.4, 0.5) is 4.79 Å². The third-order valence-corrected chi connectivity index (χ3v) is 8.54. The number of methoxy groups -OCH3 is 2. The van der Waals surface area contributed by atoms with Crippen molar-refractivity contribution in [3.05, 3.63) is 28.3 Å². The zero-order valence-electron chi connectivity index (χ0n) is 19.2. The summed E-state index contributed by atoms with van der Waals surface area (Å²) in [6.07, 6.45) is 8.43. The van der Waals surface area contributed by atoms with Crippen LogP contribution in [0, 0.1) is 23.2 Å². The van der Waals surface area contributed by atoms with Crippen LogP contribution < -0.4 is 14.8 Å². The normalized spacial score (nSPS) is 32.8. The molecule has 33 heavy (non-hydrogen) atoms. The SMILES string of the molecule is COc1cc(/C=C2\C(=O)NC(=O)N(C(C)C34CC5CC(CC(C5)C3)C4)C2=O)cc(Cl)c1OC. The van der Waals surface area contributed by atoms with Crippen LogP contribution >= 0.6 is 11.6 Å². The van der Waals surface area contributed by atoms with Gasteiger partial charge in [-0.1, -0.05) is 11.6 Å². The summed E-state index contributed by atoms with van der Waals surface area (Å²) in [6, 6.07) is 2.33. The maximum atomic E-state index is 13.5. The van der Waals surface area contributed by atoms with E-state index in [0.717, 1.165) is 19.3 Å². The third-order valence-electron chi connectivity index (χ3n) is 8.26. The molecule has 6 rings (SSSR count).